The highest BCUT2D eigenvalue weighted by Gasteiger charge is 2.46. The molecule has 1 saturated carbocycles. The van der Waals surface area contributed by atoms with Crippen molar-refractivity contribution in [3.05, 3.63) is 42.2 Å². The average molecular weight is 405 g/mol. The fourth-order valence-electron chi connectivity index (χ4n) is 3.48. The van der Waals surface area contributed by atoms with Gasteiger partial charge in [0.25, 0.3) is 5.91 Å². The van der Waals surface area contributed by atoms with Crippen molar-refractivity contribution < 1.29 is 18.0 Å². The number of anilines is 2. The number of benzene rings is 1. The quantitative estimate of drug-likeness (QED) is 0.700. The molecular formula is C18H23N5O4S. The number of likely N-dealkylation sites (N-methyl/N-ethyl adjacent to an activating group) is 1. The van der Waals surface area contributed by atoms with Crippen LogP contribution in [-0.4, -0.2) is 43.5 Å². The highest BCUT2D eigenvalue weighted by molar-refractivity contribution is 7.89. The molecule has 0 radical (unpaired) electrons. The Morgan fingerprint density at radius 2 is 1.86 bits per heavy atom. The van der Waals surface area contributed by atoms with E-state index < -0.39 is 15.4 Å². The lowest BCUT2D eigenvalue weighted by molar-refractivity contribution is -0.175. The maximum absolute atomic E-state index is 13.0. The van der Waals surface area contributed by atoms with Crippen LogP contribution in [-0.2, 0) is 25.1 Å². The number of hydrogen-bond acceptors (Lipinski definition) is 7. The SMILES string of the molecule is CON(C)C(=O)C1(c2ccnc(Nc3ccc(S(N)(=O)=O)cc3)n2)CCCC1. The zero-order valence-corrected chi connectivity index (χ0v) is 16.6. The zero-order chi connectivity index (χ0) is 20.4. The smallest absolute Gasteiger partial charge is 0.258 e. The third kappa shape index (κ3) is 3.98. The summed E-state index contributed by atoms with van der Waals surface area (Å²) in [5, 5.41) is 9.38. The Bertz CT molecular complexity index is 956. The lowest BCUT2D eigenvalue weighted by Gasteiger charge is -2.30. The van der Waals surface area contributed by atoms with Gasteiger partial charge in [-0.1, -0.05) is 12.8 Å². The van der Waals surface area contributed by atoms with Crippen molar-refractivity contribution in [3.8, 4) is 0 Å². The maximum Gasteiger partial charge on any atom is 0.258 e. The monoisotopic (exact) mass is 405 g/mol. The minimum Gasteiger partial charge on any atom is -0.324 e. The van der Waals surface area contributed by atoms with E-state index in [4.69, 9.17) is 9.98 Å². The van der Waals surface area contributed by atoms with Gasteiger partial charge in [0.15, 0.2) is 0 Å². The Hall–Kier alpha value is -2.56. The molecule has 1 aromatic carbocycles. The fraction of sp³-hybridized carbons (Fsp3) is 0.389. The molecule has 3 rings (SSSR count). The zero-order valence-electron chi connectivity index (χ0n) is 15.8. The van der Waals surface area contributed by atoms with Crippen molar-refractivity contribution in [2.75, 3.05) is 19.5 Å². The second-order valence-electron chi connectivity index (χ2n) is 6.73. The highest BCUT2D eigenvalue weighted by atomic mass is 32.2. The molecule has 1 aliphatic rings. The first-order chi connectivity index (χ1) is 13.3. The van der Waals surface area contributed by atoms with Gasteiger partial charge in [-0.15, -0.1) is 0 Å². The van der Waals surface area contributed by atoms with Gasteiger partial charge in [0.2, 0.25) is 16.0 Å². The van der Waals surface area contributed by atoms with Crippen LogP contribution in [0.2, 0.25) is 0 Å². The van der Waals surface area contributed by atoms with Gasteiger partial charge in [0.1, 0.15) is 0 Å². The van der Waals surface area contributed by atoms with E-state index >= 15 is 0 Å². The van der Waals surface area contributed by atoms with Gasteiger partial charge in [-0.2, -0.15) is 0 Å². The number of primary sulfonamides is 1. The largest absolute Gasteiger partial charge is 0.324 e. The predicted octanol–water partition coefficient (Wildman–Crippen LogP) is 1.70. The number of sulfonamides is 1. The lowest BCUT2D eigenvalue weighted by Crippen LogP contribution is -2.43. The van der Waals surface area contributed by atoms with Crippen LogP contribution in [0.15, 0.2) is 41.4 Å². The molecule has 0 aliphatic heterocycles. The first-order valence-electron chi connectivity index (χ1n) is 8.82. The van der Waals surface area contributed by atoms with Crippen LogP contribution in [0.3, 0.4) is 0 Å². The number of rotatable bonds is 6. The van der Waals surface area contributed by atoms with Gasteiger partial charge < -0.3 is 5.32 Å². The van der Waals surface area contributed by atoms with E-state index in [1.165, 1.54) is 24.3 Å². The van der Waals surface area contributed by atoms with Crippen molar-refractivity contribution in [3.63, 3.8) is 0 Å². The second-order valence-corrected chi connectivity index (χ2v) is 8.30. The molecule has 10 heteroatoms. The summed E-state index contributed by atoms with van der Waals surface area (Å²) in [5.74, 6) is 0.189. The van der Waals surface area contributed by atoms with E-state index in [2.05, 4.69) is 15.3 Å². The number of hydrogen-bond donors (Lipinski definition) is 2. The molecule has 0 bridgehead atoms. The number of nitrogens with one attached hydrogen (secondary N) is 1. The summed E-state index contributed by atoms with van der Waals surface area (Å²) >= 11 is 0. The van der Waals surface area contributed by atoms with E-state index in [0.717, 1.165) is 12.8 Å². The number of carbonyl (C=O) groups excluding carboxylic acids is 1. The number of aromatic nitrogens is 2. The Balaban J connectivity index is 1.88. The van der Waals surface area contributed by atoms with Gasteiger partial charge in [0, 0.05) is 18.9 Å². The van der Waals surface area contributed by atoms with Crippen LogP contribution in [0.25, 0.3) is 0 Å². The highest BCUT2D eigenvalue weighted by Crippen LogP contribution is 2.42. The van der Waals surface area contributed by atoms with Crippen LogP contribution in [0.1, 0.15) is 31.4 Å². The van der Waals surface area contributed by atoms with E-state index in [1.54, 1.807) is 31.4 Å². The summed E-state index contributed by atoms with van der Waals surface area (Å²) in [5.41, 5.74) is 0.504. The van der Waals surface area contributed by atoms with Gasteiger partial charge in [-0.25, -0.2) is 28.6 Å². The van der Waals surface area contributed by atoms with E-state index in [-0.39, 0.29) is 10.8 Å². The molecule has 2 aromatic rings. The third-order valence-corrected chi connectivity index (χ3v) is 5.94. The first-order valence-corrected chi connectivity index (χ1v) is 10.4. The molecular weight excluding hydrogens is 382 g/mol. The molecule has 1 amide bonds. The maximum atomic E-state index is 13.0. The van der Waals surface area contributed by atoms with Crippen LogP contribution in [0.4, 0.5) is 11.6 Å². The van der Waals surface area contributed by atoms with E-state index in [1.807, 2.05) is 0 Å². The normalized spacial score (nSPS) is 16.0. The summed E-state index contributed by atoms with van der Waals surface area (Å²) in [6.45, 7) is 0. The number of hydroxylamine groups is 2. The summed E-state index contributed by atoms with van der Waals surface area (Å²) < 4.78 is 22.7. The fourth-order valence-corrected chi connectivity index (χ4v) is 4.00. The average Bonchev–Trinajstić information content (AvgIpc) is 3.18. The molecule has 9 nitrogen and oxygen atoms in total. The summed E-state index contributed by atoms with van der Waals surface area (Å²) in [4.78, 5) is 26.8. The summed E-state index contributed by atoms with van der Waals surface area (Å²) in [6.07, 6.45) is 4.86. The Labute approximate surface area is 163 Å². The topological polar surface area (TPSA) is 128 Å². The summed E-state index contributed by atoms with van der Waals surface area (Å²) in [7, 11) is -0.701. The van der Waals surface area contributed by atoms with Gasteiger partial charge >= 0.3 is 0 Å². The van der Waals surface area contributed by atoms with E-state index in [0.29, 0.717) is 30.2 Å². The minimum atomic E-state index is -3.75. The Morgan fingerprint density at radius 3 is 2.43 bits per heavy atom. The predicted molar refractivity (Wildman–Crippen MR) is 103 cm³/mol. The molecule has 28 heavy (non-hydrogen) atoms. The molecule has 1 aliphatic carbocycles. The second kappa shape index (κ2) is 7.82. The van der Waals surface area contributed by atoms with Crippen molar-refractivity contribution in [1.82, 2.24) is 15.0 Å². The standard InChI is InChI=1S/C18H23N5O4S/c1-23(27-2)16(24)18(10-3-4-11-18)15-9-12-20-17(22-15)21-13-5-7-14(8-6-13)28(19,25)26/h5-9,12H,3-4,10-11H2,1-2H3,(H2,19,25,26)(H,20,21,22). The molecule has 1 fully saturated rings. The van der Waals surface area contributed by atoms with Crippen LogP contribution < -0.4 is 10.5 Å². The molecule has 1 aromatic heterocycles. The lowest BCUT2D eigenvalue weighted by atomic mass is 9.81. The molecule has 150 valence electrons. The first kappa shape index (κ1) is 20.2. The van der Waals surface area contributed by atoms with E-state index in [9.17, 15) is 13.2 Å². The third-order valence-electron chi connectivity index (χ3n) is 5.01. The van der Waals surface area contributed by atoms with Crippen molar-refractivity contribution in [2.24, 2.45) is 5.14 Å². The summed E-state index contributed by atoms with van der Waals surface area (Å²) in [6, 6.07) is 7.70. The molecule has 0 unspecified atom stereocenters. The number of amides is 1. The van der Waals surface area contributed by atoms with Crippen LogP contribution >= 0.6 is 0 Å². The Kier molecular flexibility index (Phi) is 5.64. The van der Waals surface area contributed by atoms with Gasteiger partial charge in [-0.3, -0.25) is 9.63 Å². The molecule has 0 spiro atoms. The van der Waals surface area contributed by atoms with Crippen LogP contribution in [0.5, 0.6) is 0 Å². The number of carbonyl (C=O) groups is 1. The van der Waals surface area contributed by atoms with Crippen molar-refractivity contribution in [2.45, 2.75) is 36.0 Å². The minimum absolute atomic E-state index is 0.0193. The Morgan fingerprint density at radius 1 is 1.21 bits per heavy atom. The van der Waals surface area contributed by atoms with Crippen LogP contribution in [0, 0.1) is 0 Å². The molecule has 0 atom stereocenters. The number of nitrogens with two attached hydrogens (primary N) is 1. The number of nitrogens with zero attached hydrogens (tertiary/aromatic N) is 3. The van der Waals surface area contributed by atoms with Crippen molar-refractivity contribution in [1.29, 1.82) is 0 Å². The van der Waals surface area contributed by atoms with Gasteiger partial charge in [-0.05, 0) is 43.2 Å². The van der Waals surface area contributed by atoms with Gasteiger partial charge in [0.05, 0.1) is 23.1 Å². The molecule has 1 heterocycles. The van der Waals surface area contributed by atoms with Crippen molar-refractivity contribution >= 4 is 27.6 Å². The molecule has 0 saturated heterocycles. The molecule has 3 N–H and O–H groups in total.